The van der Waals surface area contributed by atoms with Crippen molar-refractivity contribution >= 4 is 33.4 Å². The van der Waals surface area contributed by atoms with Crippen LogP contribution in [0.25, 0.3) is 0 Å². The van der Waals surface area contributed by atoms with Crippen LogP contribution in [0.4, 0.5) is 0 Å². The van der Waals surface area contributed by atoms with Crippen molar-refractivity contribution in [2.45, 2.75) is 26.7 Å². The molecule has 1 aromatic carbocycles. The Labute approximate surface area is 127 Å². The van der Waals surface area contributed by atoms with Crippen LogP contribution >= 0.6 is 27.5 Å². The maximum atomic E-state index is 12.1. The molecule has 0 aliphatic heterocycles. The van der Waals surface area contributed by atoms with Crippen LogP contribution in [0.5, 0.6) is 0 Å². The van der Waals surface area contributed by atoms with Gasteiger partial charge < -0.3 is 10.4 Å². The van der Waals surface area contributed by atoms with Gasteiger partial charge in [-0.05, 0) is 36.5 Å². The lowest BCUT2D eigenvalue weighted by atomic mass is 9.88. The van der Waals surface area contributed by atoms with Crippen LogP contribution in [0.2, 0.25) is 5.02 Å². The van der Waals surface area contributed by atoms with Crippen LogP contribution in [0.3, 0.4) is 0 Å². The number of nitrogens with one attached hydrogen (secondary N) is 1. The predicted octanol–water partition coefficient (Wildman–Crippen LogP) is 3.63. The van der Waals surface area contributed by atoms with Gasteiger partial charge in [0.1, 0.15) is 0 Å². The van der Waals surface area contributed by atoms with Gasteiger partial charge >= 0.3 is 0 Å². The van der Waals surface area contributed by atoms with Crippen molar-refractivity contribution in [2.24, 2.45) is 5.41 Å². The average Bonchev–Trinajstić information content (AvgIpc) is 2.36. The largest absolute Gasteiger partial charge is 0.396 e. The minimum absolute atomic E-state index is 0.0448. The maximum absolute atomic E-state index is 12.1. The molecule has 1 aromatic rings. The Hall–Kier alpha value is -0.580. The zero-order chi connectivity index (χ0) is 14.5. The molecular weight excluding hydrogens is 330 g/mol. The van der Waals surface area contributed by atoms with Crippen molar-refractivity contribution in [2.75, 3.05) is 13.2 Å². The molecule has 0 fully saturated rings. The summed E-state index contributed by atoms with van der Waals surface area (Å²) in [7, 11) is 0. The lowest BCUT2D eigenvalue weighted by Gasteiger charge is -2.24. The quantitative estimate of drug-likeness (QED) is 0.824. The van der Waals surface area contributed by atoms with Crippen LogP contribution in [0, 0.1) is 5.41 Å². The molecule has 0 bridgehead atoms. The molecule has 2 N–H and O–H groups in total. The molecule has 0 spiro atoms. The van der Waals surface area contributed by atoms with E-state index in [1.165, 1.54) is 0 Å². The third kappa shape index (κ3) is 5.51. The molecule has 0 aromatic heterocycles. The van der Waals surface area contributed by atoms with Gasteiger partial charge in [0.05, 0.1) is 10.6 Å². The van der Waals surface area contributed by atoms with Gasteiger partial charge in [-0.1, -0.05) is 41.4 Å². The first-order valence-electron chi connectivity index (χ1n) is 6.20. The summed E-state index contributed by atoms with van der Waals surface area (Å²) in [5.41, 5.74) is 0.422. The van der Waals surface area contributed by atoms with Crippen molar-refractivity contribution < 1.29 is 9.90 Å². The number of benzene rings is 1. The predicted molar refractivity (Wildman–Crippen MR) is 81.6 cm³/mol. The standard InChI is InChI=1S/C14H19BrClNO2/c1-14(2,6-3-7-18)9-17-13(19)11-8-10(15)4-5-12(11)16/h4-5,8,18H,3,6-7,9H2,1-2H3,(H,17,19). The molecule has 0 radical (unpaired) electrons. The SMILES string of the molecule is CC(C)(CCCO)CNC(=O)c1cc(Br)ccc1Cl. The first kappa shape index (κ1) is 16.5. The molecule has 0 heterocycles. The number of halogens is 2. The van der Waals surface area contributed by atoms with Crippen LogP contribution in [0.15, 0.2) is 22.7 Å². The molecule has 0 unspecified atom stereocenters. The fourth-order valence-corrected chi connectivity index (χ4v) is 2.30. The van der Waals surface area contributed by atoms with E-state index in [0.29, 0.717) is 17.1 Å². The van der Waals surface area contributed by atoms with Gasteiger partial charge in [0.15, 0.2) is 0 Å². The normalized spacial score (nSPS) is 11.4. The molecule has 0 atom stereocenters. The third-order valence-corrected chi connectivity index (χ3v) is 3.74. The molecule has 5 heteroatoms. The van der Waals surface area contributed by atoms with Crippen molar-refractivity contribution in [1.82, 2.24) is 5.32 Å². The Kier molecular flexibility index (Phi) is 6.30. The molecule has 0 aliphatic rings. The van der Waals surface area contributed by atoms with Gasteiger partial charge in [0.25, 0.3) is 5.91 Å². The number of aliphatic hydroxyl groups excluding tert-OH is 1. The summed E-state index contributed by atoms with van der Waals surface area (Å²) < 4.78 is 0.821. The smallest absolute Gasteiger partial charge is 0.252 e. The number of amides is 1. The molecule has 1 amide bonds. The van der Waals surface area contributed by atoms with Crippen LogP contribution < -0.4 is 5.32 Å². The summed E-state index contributed by atoms with van der Waals surface area (Å²) in [6.45, 7) is 4.85. The number of aliphatic hydroxyl groups is 1. The molecule has 0 aliphatic carbocycles. The maximum Gasteiger partial charge on any atom is 0.252 e. The first-order chi connectivity index (χ1) is 8.85. The van der Waals surface area contributed by atoms with Gasteiger partial charge in [0.2, 0.25) is 0 Å². The summed E-state index contributed by atoms with van der Waals surface area (Å²) in [6.07, 6.45) is 1.59. The molecular formula is C14H19BrClNO2. The molecule has 3 nitrogen and oxygen atoms in total. The summed E-state index contributed by atoms with van der Waals surface area (Å²) >= 11 is 9.33. The van der Waals surface area contributed by atoms with E-state index < -0.39 is 0 Å². The zero-order valence-corrected chi connectivity index (χ0v) is 13.5. The summed E-state index contributed by atoms with van der Waals surface area (Å²) in [5, 5.41) is 12.2. The first-order valence-corrected chi connectivity index (χ1v) is 7.37. The van der Waals surface area contributed by atoms with E-state index in [1.807, 2.05) is 0 Å². The fourth-order valence-electron chi connectivity index (χ4n) is 1.73. The van der Waals surface area contributed by atoms with E-state index in [2.05, 4.69) is 35.1 Å². The number of carbonyl (C=O) groups is 1. The Morgan fingerprint density at radius 3 is 2.79 bits per heavy atom. The van der Waals surface area contributed by atoms with Gasteiger partial charge in [-0.2, -0.15) is 0 Å². The lowest BCUT2D eigenvalue weighted by molar-refractivity contribution is 0.0933. The van der Waals surface area contributed by atoms with Gasteiger partial charge in [-0.25, -0.2) is 0 Å². The zero-order valence-electron chi connectivity index (χ0n) is 11.2. The molecule has 19 heavy (non-hydrogen) atoms. The summed E-state index contributed by atoms with van der Waals surface area (Å²) in [6, 6.07) is 5.19. The van der Waals surface area contributed by atoms with Crippen LogP contribution in [-0.4, -0.2) is 24.2 Å². The highest BCUT2D eigenvalue weighted by molar-refractivity contribution is 9.10. The van der Waals surface area contributed by atoms with E-state index in [4.69, 9.17) is 16.7 Å². The van der Waals surface area contributed by atoms with Crippen LogP contribution in [-0.2, 0) is 0 Å². The topological polar surface area (TPSA) is 49.3 Å². The fraction of sp³-hybridized carbons (Fsp3) is 0.500. The second kappa shape index (κ2) is 7.27. The molecule has 1 rings (SSSR count). The van der Waals surface area contributed by atoms with Gasteiger partial charge in [-0.3, -0.25) is 4.79 Å². The van der Waals surface area contributed by atoms with Crippen molar-refractivity contribution in [1.29, 1.82) is 0 Å². The minimum atomic E-state index is -0.177. The molecule has 0 saturated heterocycles. The monoisotopic (exact) mass is 347 g/mol. The lowest BCUT2D eigenvalue weighted by Crippen LogP contribution is -2.34. The second-order valence-corrected chi connectivity index (χ2v) is 6.62. The summed E-state index contributed by atoms with van der Waals surface area (Å²) in [4.78, 5) is 12.1. The Morgan fingerprint density at radius 1 is 1.47 bits per heavy atom. The van der Waals surface area contributed by atoms with Crippen LogP contribution in [0.1, 0.15) is 37.0 Å². The van der Waals surface area contributed by atoms with E-state index in [-0.39, 0.29) is 17.9 Å². The van der Waals surface area contributed by atoms with E-state index >= 15 is 0 Å². The highest BCUT2D eigenvalue weighted by Gasteiger charge is 2.19. The Balaban J connectivity index is 2.62. The second-order valence-electron chi connectivity index (χ2n) is 5.30. The van der Waals surface area contributed by atoms with Crippen molar-refractivity contribution in [3.8, 4) is 0 Å². The number of rotatable bonds is 6. The van der Waals surface area contributed by atoms with Crippen molar-refractivity contribution in [3.05, 3.63) is 33.3 Å². The third-order valence-electron chi connectivity index (χ3n) is 2.91. The Morgan fingerprint density at radius 2 is 2.16 bits per heavy atom. The van der Waals surface area contributed by atoms with E-state index in [9.17, 15) is 4.79 Å². The minimum Gasteiger partial charge on any atom is -0.396 e. The number of hydrogen-bond acceptors (Lipinski definition) is 2. The average molecular weight is 349 g/mol. The molecule has 0 saturated carbocycles. The van der Waals surface area contributed by atoms with Gasteiger partial charge in [0, 0.05) is 17.6 Å². The van der Waals surface area contributed by atoms with Gasteiger partial charge in [-0.15, -0.1) is 0 Å². The number of carbonyl (C=O) groups excluding carboxylic acids is 1. The summed E-state index contributed by atoms with van der Waals surface area (Å²) in [5.74, 6) is -0.177. The number of hydrogen-bond donors (Lipinski definition) is 2. The van der Waals surface area contributed by atoms with Crippen molar-refractivity contribution in [3.63, 3.8) is 0 Å². The highest BCUT2D eigenvalue weighted by Crippen LogP contribution is 2.23. The van der Waals surface area contributed by atoms with E-state index in [0.717, 1.165) is 17.3 Å². The molecule has 106 valence electrons. The Bertz CT molecular complexity index is 449. The van der Waals surface area contributed by atoms with E-state index in [1.54, 1.807) is 18.2 Å². The highest BCUT2D eigenvalue weighted by atomic mass is 79.9.